The second kappa shape index (κ2) is 6.82. The smallest absolute Gasteiger partial charge is 0.219 e. The molecular weight excluding hydrogens is 382 g/mol. The molecule has 1 aromatic carbocycles. The molecule has 3 nitrogen and oxygen atoms in total. The molecule has 25 heavy (non-hydrogen) atoms. The molecule has 0 N–H and O–H groups in total. The van der Waals surface area contributed by atoms with E-state index in [0.29, 0.717) is 31.9 Å². The highest BCUT2D eigenvalue weighted by Gasteiger charge is 2.62. The van der Waals surface area contributed by atoms with Crippen LogP contribution < -0.4 is 4.90 Å². The third-order valence-corrected chi connectivity index (χ3v) is 7.94. The van der Waals surface area contributed by atoms with Gasteiger partial charge in [-0.1, -0.05) is 6.92 Å². The maximum absolute atomic E-state index is 14.5. The molecule has 1 heterocycles. The van der Waals surface area contributed by atoms with Crippen LogP contribution in [0.5, 0.6) is 0 Å². The second-order valence-corrected chi connectivity index (χ2v) is 9.79. The van der Waals surface area contributed by atoms with E-state index in [2.05, 4.69) is 6.92 Å². The van der Waals surface area contributed by atoms with E-state index in [1.807, 2.05) is 17.9 Å². The molecule has 0 aromatic heterocycles. The number of piperazine rings is 1. The summed E-state index contributed by atoms with van der Waals surface area (Å²) in [7, 11) is 0. The van der Waals surface area contributed by atoms with Crippen LogP contribution in [0, 0.1) is 18.2 Å². The van der Waals surface area contributed by atoms with Gasteiger partial charge in [-0.3, -0.25) is 4.79 Å². The minimum atomic E-state index is -0.639. The van der Waals surface area contributed by atoms with Crippen LogP contribution in [0.1, 0.15) is 25.8 Å². The Morgan fingerprint density at radius 1 is 1.28 bits per heavy atom. The molecule has 1 aliphatic heterocycles. The maximum Gasteiger partial charge on any atom is 0.219 e. The van der Waals surface area contributed by atoms with E-state index >= 15 is 0 Å². The Morgan fingerprint density at radius 3 is 2.40 bits per heavy atom. The Morgan fingerprint density at radius 2 is 1.88 bits per heavy atom. The number of benzene rings is 1. The van der Waals surface area contributed by atoms with Gasteiger partial charge in [0, 0.05) is 49.2 Å². The van der Waals surface area contributed by atoms with Crippen molar-refractivity contribution >= 4 is 46.6 Å². The lowest BCUT2D eigenvalue weighted by Gasteiger charge is -2.36. The number of carbonyl (C=O) groups is 1. The molecule has 0 spiro atoms. The molecule has 0 radical (unpaired) electrons. The van der Waals surface area contributed by atoms with Crippen LogP contribution >= 0.6 is 35.0 Å². The highest BCUT2D eigenvalue weighted by atomic mass is 35.5. The van der Waals surface area contributed by atoms with Crippen LogP contribution in [0.15, 0.2) is 17.0 Å². The van der Waals surface area contributed by atoms with Gasteiger partial charge in [0.1, 0.15) is 10.2 Å². The first kappa shape index (κ1) is 19.1. The number of anilines is 1. The van der Waals surface area contributed by atoms with E-state index in [1.54, 1.807) is 29.7 Å². The first-order chi connectivity index (χ1) is 11.6. The number of aryl methyl sites for hydroxylation is 1. The third kappa shape index (κ3) is 3.88. The van der Waals surface area contributed by atoms with Gasteiger partial charge in [0.15, 0.2) is 0 Å². The minimum Gasteiger partial charge on any atom is -0.366 e. The standard InChI is InChI=1S/C18H23Cl2FN2OS/c1-12-8-14(21)15(23-6-4-22(5-7-23)13(2)24)9-16(12)25-11-17(3)10-18(17,19)20/h8-9H,4-7,10-11H2,1-3H3. The SMILES string of the molecule is CC(=O)N1CCN(c2cc(SCC3(C)CC3(Cl)Cl)c(C)cc2F)CC1. The van der Waals surface area contributed by atoms with Crippen molar-refractivity contribution in [2.45, 2.75) is 36.4 Å². The summed E-state index contributed by atoms with van der Waals surface area (Å²) in [4.78, 5) is 16.3. The molecule has 138 valence electrons. The Labute approximate surface area is 162 Å². The lowest BCUT2D eigenvalue weighted by molar-refractivity contribution is -0.129. The van der Waals surface area contributed by atoms with Crippen LogP contribution in [0.2, 0.25) is 0 Å². The molecule has 1 aliphatic carbocycles. The Balaban J connectivity index is 1.72. The summed E-state index contributed by atoms with van der Waals surface area (Å²) in [6.45, 7) is 8.13. The zero-order valence-corrected chi connectivity index (χ0v) is 17.1. The van der Waals surface area contributed by atoms with Gasteiger partial charge in [0.05, 0.1) is 5.69 Å². The van der Waals surface area contributed by atoms with E-state index in [-0.39, 0.29) is 17.1 Å². The molecule has 1 unspecified atom stereocenters. The first-order valence-corrected chi connectivity index (χ1v) is 10.2. The number of rotatable bonds is 4. The third-order valence-electron chi connectivity index (χ3n) is 5.23. The number of hydrogen-bond donors (Lipinski definition) is 0. The second-order valence-electron chi connectivity index (χ2n) is 7.29. The molecule has 2 fully saturated rings. The lowest BCUT2D eigenvalue weighted by atomic mass is 10.2. The van der Waals surface area contributed by atoms with E-state index in [1.165, 1.54) is 0 Å². The predicted octanol–water partition coefficient (Wildman–Crippen LogP) is 4.48. The van der Waals surface area contributed by atoms with Crippen molar-refractivity contribution in [3.8, 4) is 0 Å². The summed E-state index contributed by atoms with van der Waals surface area (Å²) >= 11 is 14.1. The van der Waals surface area contributed by atoms with E-state index in [9.17, 15) is 9.18 Å². The summed E-state index contributed by atoms with van der Waals surface area (Å²) < 4.78 is 13.9. The van der Waals surface area contributed by atoms with Gasteiger partial charge < -0.3 is 9.80 Å². The van der Waals surface area contributed by atoms with Crippen molar-refractivity contribution in [3.63, 3.8) is 0 Å². The fourth-order valence-electron chi connectivity index (χ4n) is 3.14. The zero-order valence-electron chi connectivity index (χ0n) is 14.7. The number of amides is 1. The van der Waals surface area contributed by atoms with Crippen molar-refractivity contribution in [1.82, 2.24) is 4.90 Å². The number of carbonyl (C=O) groups excluding carboxylic acids is 1. The Bertz CT molecular complexity index is 692. The van der Waals surface area contributed by atoms with Crippen molar-refractivity contribution in [1.29, 1.82) is 0 Å². The van der Waals surface area contributed by atoms with Gasteiger partial charge >= 0.3 is 0 Å². The van der Waals surface area contributed by atoms with E-state index in [0.717, 1.165) is 22.6 Å². The zero-order chi connectivity index (χ0) is 18.4. The van der Waals surface area contributed by atoms with Gasteiger partial charge in [-0.15, -0.1) is 35.0 Å². The molecule has 1 amide bonds. The van der Waals surface area contributed by atoms with E-state index < -0.39 is 4.33 Å². The number of alkyl halides is 2. The highest BCUT2D eigenvalue weighted by Crippen LogP contribution is 2.65. The summed E-state index contributed by atoms with van der Waals surface area (Å²) in [6.07, 6.45) is 0.788. The van der Waals surface area contributed by atoms with Crippen molar-refractivity contribution in [2.75, 3.05) is 36.8 Å². The monoisotopic (exact) mass is 404 g/mol. The molecule has 2 aliphatic rings. The molecule has 1 aromatic rings. The van der Waals surface area contributed by atoms with Crippen LogP contribution in [0.25, 0.3) is 0 Å². The maximum atomic E-state index is 14.5. The highest BCUT2D eigenvalue weighted by molar-refractivity contribution is 7.99. The summed E-state index contributed by atoms with van der Waals surface area (Å²) in [6, 6.07) is 3.52. The van der Waals surface area contributed by atoms with Crippen molar-refractivity contribution in [3.05, 3.63) is 23.5 Å². The van der Waals surface area contributed by atoms with Gasteiger partial charge in [-0.2, -0.15) is 0 Å². The fraction of sp³-hybridized carbons (Fsp3) is 0.611. The van der Waals surface area contributed by atoms with Crippen LogP contribution in [-0.4, -0.2) is 47.1 Å². The molecule has 1 atom stereocenters. The van der Waals surface area contributed by atoms with Crippen molar-refractivity contribution in [2.24, 2.45) is 5.41 Å². The number of halogens is 3. The predicted molar refractivity (Wildman–Crippen MR) is 103 cm³/mol. The largest absolute Gasteiger partial charge is 0.366 e. The topological polar surface area (TPSA) is 23.6 Å². The van der Waals surface area contributed by atoms with Crippen LogP contribution in [0.3, 0.4) is 0 Å². The average molecular weight is 405 g/mol. The summed E-state index contributed by atoms with van der Waals surface area (Å²) in [5, 5.41) is 0. The molecule has 3 rings (SSSR count). The number of nitrogens with zero attached hydrogens (tertiary/aromatic N) is 2. The molecule has 0 bridgehead atoms. The van der Waals surface area contributed by atoms with Gasteiger partial charge in [-0.05, 0) is 31.0 Å². The van der Waals surface area contributed by atoms with Gasteiger partial charge in [0.25, 0.3) is 0 Å². The number of thioether (sulfide) groups is 1. The average Bonchev–Trinajstić information content (AvgIpc) is 3.05. The van der Waals surface area contributed by atoms with Crippen molar-refractivity contribution < 1.29 is 9.18 Å². The number of hydrogen-bond acceptors (Lipinski definition) is 3. The first-order valence-electron chi connectivity index (χ1n) is 8.44. The van der Waals surface area contributed by atoms with Crippen LogP contribution in [-0.2, 0) is 4.79 Å². The summed E-state index contributed by atoms with van der Waals surface area (Å²) in [5.74, 6) is 0.674. The molecular formula is C18H23Cl2FN2OS. The molecule has 1 saturated carbocycles. The quantitative estimate of drug-likeness (QED) is 0.545. The summed E-state index contributed by atoms with van der Waals surface area (Å²) in [5.41, 5.74) is 1.45. The molecule has 1 saturated heterocycles. The Kier molecular flexibility index (Phi) is 5.22. The lowest BCUT2D eigenvalue weighted by Crippen LogP contribution is -2.48. The van der Waals surface area contributed by atoms with Crippen LogP contribution in [0.4, 0.5) is 10.1 Å². The molecule has 7 heteroatoms. The normalized spacial score (nSPS) is 25.2. The fourth-order valence-corrected chi connectivity index (χ4v) is 5.33. The van der Waals surface area contributed by atoms with E-state index in [4.69, 9.17) is 23.2 Å². The minimum absolute atomic E-state index is 0.0728. The van der Waals surface area contributed by atoms with Gasteiger partial charge in [-0.25, -0.2) is 4.39 Å². The van der Waals surface area contributed by atoms with Gasteiger partial charge in [0.2, 0.25) is 5.91 Å². The Hall–Kier alpha value is -0.650.